The van der Waals surface area contributed by atoms with Crippen LogP contribution in [0.4, 0.5) is 0 Å². The largest absolute Gasteiger partial charge is 0.381 e. The summed E-state index contributed by atoms with van der Waals surface area (Å²) in [5, 5.41) is 0.546. The van der Waals surface area contributed by atoms with E-state index in [1.807, 2.05) is 12.1 Å². The summed E-state index contributed by atoms with van der Waals surface area (Å²) in [6, 6.07) is 7.25. The van der Waals surface area contributed by atoms with E-state index in [1.165, 1.54) is 0 Å². The van der Waals surface area contributed by atoms with Gasteiger partial charge in [-0.15, -0.1) is 0 Å². The van der Waals surface area contributed by atoms with Crippen LogP contribution in [0.3, 0.4) is 0 Å². The van der Waals surface area contributed by atoms with Crippen molar-refractivity contribution in [3.63, 3.8) is 0 Å². The van der Waals surface area contributed by atoms with E-state index >= 15 is 0 Å². The third-order valence-electron chi connectivity index (χ3n) is 3.81. The first kappa shape index (κ1) is 15.5. The van der Waals surface area contributed by atoms with E-state index in [4.69, 9.17) is 16.3 Å². The lowest BCUT2D eigenvalue weighted by Gasteiger charge is -2.26. The molecule has 1 saturated heterocycles. The normalized spacial score (nSPS) is 16.6. The molecule has 0 N–H and O–H groups in total. The van der Waals surface area contributed by atoms with Gasteiger partial charge in [0, 0.05) is 38.3 Å². The highest BCUT2D eigenvalue weighted by Crippen LogP contribution is 2.18. The zero-order valence-corrected chi connectivity index (χ0v) is 12.7. The maximum absolute atomic E-state index is 12.1. The quantitative estimate of drug-likeness (QED) is 0.754. The van der Waals surface area contributed by atoms with Crippen molar-refractivity contribution >= 4 is 17.4 Å². The topological polar surface area (TPSA) is 29.5 Å². The number of benzene rings is 1. The minimum atomic E-state index is 0.120. The number of halogens is 1. The Morgan fingerprint density at radius 2 is 2.05 bits per heavy atom. The summed E-state index contributed by atoms with van der Waals surface area (Å²) in [6.45, 7) is 3.56. The van der Waals surface area contributed by atoms with Gasteiger partial charge in [-0.05, 0) is 37.9 Å². The number of ether oxygens (including phenoxy) is 1. The molecule has 0 unspecified atom stereocenters. The first-order valence-corrected chi connectivity index (χ1v) is 7.58. The summed E-state index contributed by atoms with van der Waals surface area (Å²) >= 11 is 6.04. The molecule has 0 spiro atoms. The van der Waals surface area contributed by atoms with Crippen LogP contribution in [0.15, 0.2) is 24.3 Å². The lowest BCUT2D eigenvalue weighted by molar-refractivity contribution is 0.0553. The van der Waals surface area contributed by atoms with E-state index < -0.39 is 0 Å². The molecule has 0 bridgehead atoms. The Labute approximate surface area is 125 Å². The predicted molar refractivity (Wildman–Crippen MR) is 81.4 cm³/mol. The molecule has 0 aromatic heterocycles. The first-order chi connectivity index (χ1) is 9.66. The molecule has 1 fully saturated rings. The van der Waals surface area contributed by atoms with Gasteiger partial charge in [0.05, 0.1) is 5.02 Å². The van der Waals surface area contributed by atoms with E-state index in [2.05, 4.69) is 11.9 Å². The molecule has 1 aromatic rings. The summed E-state index contributed by atoms with van der Waals surface area (Å²) in [5.41, 5.74) is 0.633. The second-order valence-corrected chi connectivity index (χ2v) is 5.88. The molecule has 20 heavy (non-hydrogen) atoms. The number of carbonyl (C=O) groups excluding carboxylic acids is 1. The molecule has 1 aliphatic heterocycles. The van der Waals surface area contributed by atoms with Crippen molar-refractivity contribution in [2.75, 3.05) is 33.4 Å². The van der Waals surface area contributed by atoms with Crippen LogP contribution >= 0.6 is 11.6 Å². The van der Waals surface area contributed by atoms with Gasteiger partial charge in [0.2, 0.25) is 0 Å². The van der Waals surface area contributed by atoms with Crippen LogP contribution < -0.4 is 0 Å². The Morgan fingerprint density at radius 3 is 2.75 bits per heavy atom. The third kappa shape index (κ3) is 4.58. The number of hydrogen-bond donors (Lipinski definition) is 0. The number of hydrogen-bond acceptors (Lipinski definition) is 3. The van der Waals surface area contributed by atoms with Gasteiger partial charge in [-0.2, -0.15) is 0 Å². The van der Waals surface area contributed by atoms with Crippen molar-refractivity contribution in [1.29, 1.82) is 0 Å². The minimum absolute atomic E-state index is 0.120. The predicted octanol–water partition coefficient (Wildman–Crippen LogP) is 3.27. The van der Waals surface area contributed by atoms with Gasteiger partial charge in [-0.3, -0.25) is 4.79 Å². The van der Waals surface area contributed by atoms with Gasteiger partial charge in [-0.25, -0.2) is 0 Å². The van der Waals surface area contributed by atoms with Crippen molar-refractivity contribution < 1.29 is 9.53 Å². The lowest BCUT2D eigenvalue weighted by atomic mass is 9.99. The van der Waals surface area contributed by atoms with Crippen LogP contribution in [0.5, 0.6) is 0 Å². The second kappa shape index (κ2) is 7.77. The van der Waals surface area contributed by atoms with Crippen LogP contribution in [0.25, 0.3) is 0 Å². The summed E-state index contributed by atoms with van der Waals surface area (Å²) in [5.74, 6) is 0.818. The summed E-state index contributed by atoms with van der Waals surface area (Å²) in [4.78, 5) is 14.4. The average molecular weight is 296 g/mol. The molecule has 0 saturated carbocycles. The summed E-state index contributed by atoms with van der Waals surface area (Å²) < 4.78 is 5.36. The van der Waals surface area contributed by atoms with E-state index in [-0.39, 0.29) is 5.78 Å². The molecule has 1 aromatic carbocycles. The Kier molecular flexibility index (Phi) is 6.02. The molecule has 1 heterocycles. The fourth-order valence-electron chi connectivity index (χ4n) is 2.58. The second-order valence-electron chi connectivity index (χ2n) is 5.47. The average Bonchev–Trinajstić information content (AvgIpc) is 2.46. The summed E-state index contributed by atoms with van der Waals surface area (Å²) in [6.07, 6.45) is 2.77. The first-order valence-electron chi connectivity index (χ1n) is 7.21. The molecule has 2 rings (SSSR count). The summed E-state index contributed by atoms with van der Waals surface area (Å²) in [7, 11) is 2.08. The smallest absolute Gasteiger partial charge is 0.165 e. The minimum Gasteiger partial charge on any atom is -0.381 e. The van der Waals surface area contributed by atoms with Gasteiger partial charge in [-0.1, -0.05) is 23.7 Å². The van der Waals surface area contributed by atoms with Crippen LogP contribution in [0, 0.1) is 5.92 Å². The molecular formula is C16H22ClNO2. The fourth-order valence-corrected chi connectivity index (χ4v) is 2.82. The SMILES string of the molecule is CN(CCC(=O)c1ccccc1Cl)CC1CCOCC1. The molecule has 0 aliphatic carbocycles. The van der Waals surface area contributed by atoms with Crippen LogP contribution in [-0.2, 0) is 4.74 Å². The van der Waals surface area contributed by atoms with E-state index in [1.54, 1.807) is 12.1 Å². The molecule has 110 valence electrons. The van der Waals surface area contributed by atoms with Crippen molar-refractivity contribution in [3.8, 4) is 0 Å². The van der Waals surface area contributed by atoms with Gasteiger partial charge >= 0.3 is 0 Å². The molecule has 1 aliphatic rings. The van der Waals surface area contributed by atoms with Crippen molar-refractivity contribution in [3.05, 3.63) is 34.9 Å². The maximum atomic E-state index is 12.1. The molecule has 0 amide bonds. The lowest BCUT2D eigenvalue weighted by Crippen LogP contribution is -2.31. The number of ketones is 1. The molecular weight excluding hydrogens is 274 g/mol. The van der Waals surface area contributed by atoms with Crippen LogP contribution in [0.1, 0.15) is 29.6 Å². The Morgan fingerprint density at radius 1 is 1.35 bits per heavy atom. The highest BCUT2D eigenvalue weighted by Gasteiger charge is 2.16. The van der Waals surface area contributed by atoms with E-state index in [0.29, 0.717) is 22.9 Å². The van der Waals surface area contributed by atoms with E-state index in [0.717, 1.165) is 39.1 Å². The highest BCUT2D eigenvalue weighted by atomic mass is 35.5. The zero-order valence-electron chi connectivity index (χ0n) is 12.0. The van der Waals surface area contributed by atoms with Gasteiger partial charge in [0.1, 0.15) is 0 Å². The Balaban J connectivity index is 1.76. The zero-order chi connectivity index (χ0) is 14.4. The Hall–Kier alpha value is -0.900. The molecule has 0 atom stereocenters. The molecule has 3 nitrogen and oxygen atoms in total. The molecule has 0 radical (unpaired) electrons. The number of carbonyl (C=O) groups is 1. The monoisotopic (exact) mass is 295 g/mol. The molecule has 4 heteroatoms. The number of Topliss-reactive ketones (excluding diaryl/α,β-unsaturated/α-hetero) is 1. The van der Waals surface area contributed by atoms with Crippen LogP contribution in [0.2, 0.25) is 5.02 Å². The highest BCUT2D eigenvalue weighted by molar-refractivity contribution is 6.33. The standard InChI is InChI=1S/C16H22ClNO2/c1-18(12-13-7-10-20-11-8-13)9-6-16(19)14-4-2-3-5-15(14)17/h2-5,13H,6-12H2,1H3. The van der Waals surface area contributed by atoms with Gasteiger partial charge < -0.3 is 9.64 Å². The maximum Gasteiger partial charge on any atom is 0.165 e. The van der Waals surface area contributed by atoms with Crippen molar-refractivity contribution in [2.45, 2.75) is 19.3 Å². The third-order valence-corrected chi connectivity index (χ3v) is 4.14. The van der Waals surface area contributed by atoms with Crippen molar-refractivity contribution in [1.82, 2.24) is 4.90 Å². The van der Waals surface area contributed by atoms with Gasteiger partial charge in [0.25, 0.3) is 0 Å². The number of nitrogens with zero attached hydrogens (tertiary/aromatic N) is 1. The van der Waals surface area contributed by atoms with Crippen molar-refractivity contribution in [2.24, 2.45) is 5.92 Å². The fraction of sp³-hybridized carbons (Fsp3) is 0.562. The van der Waals surface area contributed by atoms with Crippen LogP contribution in [-0.4, -0.2) is 44.0 Å². The Bertz CT molecular complexity index is 444. The van der Waals surface area contributed by atoms with E-state index in [9.17, 15) is 4.79 Å². The number of rotatable bonds is 6. The van der Waals surface area contributed by atoms with Gasteiger partial charge in [0.15, 0.2) is 5.78 Å².